The summed E-state index contributed by atoms with van der Waals surface area (Å²) in [6, 6.07) is 3.47. The van der Waals surface area contributed by atoms with Crippen LogP contribution in [0.5, 0.6) is 0 Å². The number of benzene rings is 1. The molecule has 1 aliphatic rings. The highest BCUT2D eigenvalue weighted by Gasteiger charge is 2.31. The lowest BCUT2D eigenvalue weighted by molar-refractivity contribution is 0.0685. The van der Waals surface area contributed by atoms with E-state index < -0.39 is 5.97 Å². The molecule has 1 aromatic carbocycles. The van der Waals surface area contributed by atoms with Crippen LogP contribution >= 0.6 is 0 Å². The highest BCUT2D eigenvalue weighted by molar-refractivity contribution is 6.03. The van der Waals surface area contributed by atoms with Gasteiger partial charge in [-0.1, -0.05) is 0 Å². The predicted molar refractivity (Wildman–Crippen MR) is 64.8 cm³/mol. The number of carbonyl (C=O) groups is 2. The number of fused-ring (bicyclic) bond motifs is 1. The van der Waals surface area contributed by atoms with Crippen molar-refractivity contribution in [1.29, 1.82) is 0 Å². The molecule has 1 aliphatic carbocycles. The van der Waals surface area contributed by atoms with Crippen molar-refractivity contribution >= 4 is 22.8 Å². The van der Waals surface area contributed by atoms with Gasteiger partial charge in [0.15, 0.2) is 5.78 Å². The van der Waals surface area contributed by atoms with E-state index in [0.717, 1.165) is 18.4 Å². The largest absolute Gasteiger partial charge is 0.475 e. The summed E-state index contributed by atoms with van der Waals surface area (Å²) >= 11 is 0. The Hall–Kier alpha value is -2.17. The van der Waals surface area contributed by atoms with Gasteiger partial charge in [0.2, 0.25) is 5.82 Å². The lowest BCUT2D eigenvalue weighted by Crippen LogP contribution is -2.03. The maximum Gasteiger partial charge on any atom is 0.371 e. The number of Topliss-reactive ketones (excluding diaryl/α,β-unsaturated/α-hetero) is 1. The molecule has 1 heterocycles. The van der Waals surface area contributed by atoms with E-state index in [9.17, 15) is 9.59 Å². The van der Waals surface area contributed by atoms with Crippen molar-refractivity contribution in [1.82, 2.24) is 9.97 Å². The summed E-state index contributed by atoms with van der Waals surface area (Å²) in [5.74, 6) is -0.896. The third-order valence-corrected chi connectivity index (χ3v) is 3.24. The lowest BCUT2D eigenvalue weighted by atomic mass is 10.0. The smallest absolute Gasteiger partial charge is 0.371 e. The Labute approximate surface area is 103 Å². The molecule has 0 unspecified atom stereocenters. The molecule has 1 saturated carbocycles. The number of imidazole rings is 1. The van der Waals surface area contributed by atoms with Crippen molar-refractivity contribution in [3.8, 4) is 0 Å². The molecule has 5 heteroatoms. The number of aromatic carboxylic acids is 1. The summed E-state index contributed by atoms with van der Waals surface area (Å²) in [7, 11) is 0. The fourth-order valence-corrected chi connectivity index (χ4v) is 2.10. The molecule has 0 atom stereocenters. The van der Waals surface area contributed by atoms with Crippen LogP contribution in [0.4, 0.5) is 0 Å². The number of hydrogen-bond acceptors (Lipinski definition) is 3. The second-order valence-corrected chi connectivity index (χ2v) is 4.71. The number of carbonyl (C=O) groups excluding carboxylic acids is 1. The van der Waals surface area contributed by atoms with Gasteiger partial charge < -0.3 is 10.1 Å². The maximum absolute atomic E-state index is 12.1. The van der Waals surface area contributed by atoms with Crippen LogP contribution in [0.1, 0.15) is 39.4 Å². The van der Waals surface area contributed by atoms with Crippen LogP contribution in [0.15, 0.2) is 12.1 Å². The summed E-state index contributed by atoms with van der Waals surface area (Å²) in [4.78, 5) is 29.6. The zero-order valence-electron chi connectivity index (χ0n) is 9.86. The van der Waals surface area contributed by atoms with Crippen molar-refractivity contribution in [3.63, 3.8) is 0 Å². The molecule has 1 aromatic heterocycles. The molecule has 0 radical (unpaired) electrons. The van der Waals surface area contributed by atoms with Gasteiger partial charge >= 0.3 is 5.97 Å². The number of carboxylic acids is 1. The summed E-state index contributed by atoms with van der Waals surface area (Å²) in [5.41, 5.74) is 2.70. The van der Waals surface area contributed by atoms with E-state index in [1.54, 1.807) is 12.1 Å². The number of carboxylic acid groups (broad SMARTS) is 1. The average molecular weight is 244 g/mol. The molecule has 0 bridgehead atoms. The number of rotatable bonds is 3. The van der Waals surface area contributed by atoms with E-state index >= 15 is 0 Å². The number of aromatic nitrogens is 2. The molecule has 2 N–H and O–H groups in total. The van der Waals surface area contributed by atoms with Gasteiger partial charge in [0.05, 0.1) is 11.0 Å². The summed E-state index contributed by atoms with van der Waals surface area (Å²) in [5, 5.41) is 8.87. The first kappa shape index (κ1) is 11.0. The molecule has 18 heavy (non-hydrogen) atoms. The SMILES string of the molecule is Cc1cc2[nH]c(C(=O)O)nc2cc1C(=O)C1CC1. The number of nitrogens with one attached hydrogen (secondary N) is 1. The Balaban J connectivity index is 2.13. The molecular weight excluding hydrogens is 232 g/mol. The molecule has 0 saturated heterocycles. The quantitative estimate of drug-likeness (QED) is 0.810. The van der Waals surface area contributed by atoms with Crippen LogP contribution in [0, 0.1) is 12.8 Å². The van der Waals surface area contributed by atoms with E-state index in [1.165, 1.54) is 0 Å². The normalized spacial score (nSPS) is 14.9. The third-order valence-electron chi connectivity index (χ3n) is 3.24. The first-order valence-corrected chi connectivity index (χ1v) is 5.84. The van der Waals surface area contributed by atoms with Crippen LogP contribution in [0.2, 0.25) is 0 Å². The molecule has 0 spiro atoms. The van der Waals surface area contributed by atoms with Gasteiger partial charge in [0, 0.05) is 11.5 Å². The van der Waals surface area contributed by atoms with E-state index in [1.807, 2.05) is 6.92 Å². The third kappa shape index (κ3) is 1.68. The van der Waals surface area contributed by atoms with Gasteiger partial charge in [-0.05, 0) is 37.5 Å². The molecule has 0 aliphatic heterocycles. The zero-order valence-corrected chi connectivity index (χ0v) is 9.86. The van der Waals surface area contributed by atoms with E-state index in [0.29, 0.717) is 16.6 Å². The van der Waals surface area contributed by atoms with Crippen LogP contribution < -0.4 is 0 Å². The molecule has 1 fully saturated rings. The molecule has 0 amide bonds. The van der Waals surface area contributed by atoms with Gasteiger partial charge in [0.25, 0.3) is 0 Å². The van der Waals surface area contributed by atoms with Gasteiger partial charge in [-0.15, -0.1) is 0 Å². The van der Waals surface area contributed by atoms with E-state index in [2.05, 4.69) is 9.97 Å². The number of H-pyrrole nitrogens is 1. The fraction of sp³-hybridized carbons (Fsp3) is 0.308. The predicted octanol–water partition coefficient (Wildman–Crippen LogP) is 2.16. The average Bonchev–Trinajstić information content (AvgIpc) is 3.08. The van der Waals surface area contributed by atoms with Crippen molar-refractivity contribution in [3.05, 3.63) is 29.1 Å². The highest BCUT2D eigenvalue weighted by Crippen LogP contribution is 2.34. The van der Waals surface area contributed by atoms with Gasteiger partial charge in [-0.3, -0.25) is 4.79 Å². The summed E-state index contributed by atoms with van der Waals surface area (Å²) < 4.78 is 0. The van der Waals surface area contributed by atoms with Gasteiger partial charge in [-0.2, -0.15) is 0 Å². The Kier molecular flexibility index (Phi) is 2.23. The topological polar surface area (TPSA) is 83.1 Å². The number of nitrogens with zero attached hydrogens (tertiary/aromatic N) is 1. The van der Waals surface area contributed by atoms with Crippen LogP contribution in [-0.4, -0.2) is 26.8 Å². The number of ketones is 1. The Morgan fingerprint density at radius 2 is 2.11 bits per heavy atom. The second kappa shape index (κ2) is 3.66. The standard InChI is InChI=1S/C13H12N2O3/c1-6-4-9-10(15-12(14-9)13(17)18)5-8(6)11(16)7-2-3-7/h4-5,7H,2-3H2,1H3,(H,14,15)(H,17,18). The molecule has 2 aromatic rings. The van der Waals surface area contributed by atoms with Crippen molar-refractivity contribution in [2.45, 2.75) is 19.8 Å². The van der Waals surface area contributed by atoms with Crippen LogP contribution in [-0.2, 0) is 0 Å². The Morgan fingerprint density at radius 3 is 2.72 bits per heavy atom. The first-order valence-electron chi connectivity index (χ1n) is 5.84. The summed E-state index contributed by atoms with van der Waals surface area (Å²) in [6.07, 6.45) is 1.91. The molecule has 3 rings (SSSR count). The number of aromatic amines is 1. The maximum atomic E-state index is 12.1. The fourth-order valence-electron chi connectivity index (χ4n) is 2.10. The Bertz CT molecular complexity index is 668. The molecule has 5 nitrogen and oxygen atoms in total. The molecule has 92 valence electrons. The number of aryl methyl sites for hydroxylation is 1. The zero-order chi connectivity index (χ0) is 12.9. The van der Waals surface area contributed by atoms with Gasteiger partial charge in [0.1, 0.15) is 0 Å². The molecular formula is C13H12N2O3. The van der Waals surface area contributed by atoms with E-state index in [4.69, 9.17) is 5.11 Å². The number of hydrogen-bond donors (Lipinski definition) is 2. The Morgan fingerprint density at radius 1 is 1.39 bits per heavy atom. The van der Waals surface area contributed by atoms with Gasteiger partial charge in [-0.25, -0.2) is 9.78 Å². The first-order chi connectivity index (χ1) is 8.56. The monoisotopic (exact) mass is 244 g/mol. The van der Waals surface area contributed by atoms with Crippen molar-refractivity contribution in [2.75, 3.05) is 0 Å². The van der Waals surface area contributed by atoms with Crippen LogP contribution in [0.25, 0.3) is 11.0 Å². The van der Waals surface area contributed by atoms with Crippen molar-refractivity contribution < 1.29 is 14.7 Å². The van der Waals surface area contributed by atoms with E-state index in [-0.39, 0.29) is 17.5 Å². The summed E-state index contributed by atoms with van der Waals surface area (Å²) in [6.45, 7) is 1.86. The lowest BCUT2D eigenvalue weighted by Gasteiger charge is -2.03. The van der Waals surface area contributed by atoms with Crippen LogP contribution in [0.3, 0.4) is 0 Å². The minimum Gasteiger partial charge on any atom is -0.475 e. The van der Waals surface area contributed by atoms with Crippen molar-refractivity contribution in [2.24, 2.45) is 5.92 Å². The minimum absolute atomic E-state index is 0.0968. The minimum atomic E-state index is -1.10. The second-order valence-electron chi connectivity index (χ2n) is 4.71. The highest BCUT2D eigenvalue weighted by atomic mass is 16.4.